The van der Waals surface area contributed by atoms with Gasteiger partial charge >= 0.3 is 0 Å². The third-order valence-corrected chi connectivity index (χ3v) is 5.19. The first-order valence-corrected chi connectivity index (χ1v) is 6.95. The first-order chi connectivity index (χ1) is 6.34. The van der Waals surface area contributed by atoms with Crippen molar-refractivity contribution in [3.05, 3.63) is 0 Å². The van der Waals surface area contributed by atoms with Gasteiger partial charge in [0.25, 0.3) is 0 Å². The van der Waals surface area contributed by atoms with Crippen molar-refractivity contribution in [2.45, 2.75) is 40.2 Å². The van der Waals surface area contributed by atoms with Gasteiger partial charge in [-0.15, -0.1) is 0 Å². The second kappa shape index (κ2) is 4.19. The van der Waals surface area contributed by atoms with Gasteiger partial charge in [0.05, 0.1) is 5.75 Å². The molecule has 1 saturated heterocycles. The first kappa shape index (κ1) is 12.0. The maximum absolute atomic E-state index is 11.9. The van der Waals surface area contributed by atoms with Crippen LogP contribution in [-0.4, -0.2) is 31.1 Å². The summed E-state index contributed by atoms with van der Waals surface area (Å²) in [4.78, 5) is 0. The van der Waals surface area contributed by atoms with Gasteiger partial charge < -0.3 is 0 Å². The summed E-state index contributed by atoms with van der Waals surface area (Å²) in [7, 11) is -2.98. The van der Waals surface area contributed by atoms with Crippen molar-refractivity contribution in [3.63, 3.8) is 0 Å². The van der Waals surface area contributed by atoms with Gasteiger partial charge in [-0.2, -0.15) is 4.31 Å². The molecule has 0 N–H and O–H groups in total. The Kier molecular flexibility index (Phi) is 3.58. The minimum Gasteiger partial charge on any atom is -0.212 e. The third-order valence-electron chi connectivity index (χ3n) is 3.02. The van der Waals surface area contributed by atoms with Crippen LogP contribution >= 0.6 is 0 Å². The van der Waals surface area contributed by atoms with Crippen molar-refractivity contribution in [2.24, 2.45) is 11.8 Å². The molecule has 0 aromatic heterocycles. The highest BCUT2D eigenvalue weighted by Crippen LogP contribution is 2.26. The molecule has 1 aliphatic rings. The quantitative estimate of drug-likeness (QED) is 0.709. The maximum Gasteiger partial charge on any atom is 0.214 e. The SMILES string of the molecule is CC(C)C1CCN(C(C)C)S(=O)(=O)C1. The summed E-state index contributed by atoms with van der Waals surface area (Å²) in [6, 6.07) is 0.105. The molecule has 1 aliphatic heterocycles. The van der Waals surface area contributed by atoms with Crippen LogP contribution in [0.3, 0.4) is 0 Å². The lowest BCUT2D eigenvalue weighted by Crippen LogP contribution is -2.46. The van der Waals surface area contributed by atoms with E-state index in [0.29, 0.717) is 24.1 Å². The van der Waals surface area contributed by atoms with E-state index in [9.17, 15) is 8.42 Å². The Balaban J connectivity index is 2.76. The van der Waals surface area contributed by atoms with Crippen LogP contribution in [0.2, 0.25) is 0 Å². The lowest BCUT2D eigenvalue weighted by molar-refractivity contribution is 0.269. The molecule has 1 fully saturated rings. The molecule has 4 heteroatoms. The summed E-state index contributed by atoms with van der Waals surface area (Å²) in [5.74, 6) is 1.15. The molecule has 1 rings (SSSR count). The Hall–Kier alpha value is -0.0900. The first-order valence-electron chi connectivity index (χ1n) is 5.34. The molecule has 1 atom stereocenters. The Bertz CT molecular complexity index is 282. The van der Waals surface area contributed by atoms with Crippen LogP contribution in [0.25, 0.3) is 0 Å². The highest BCUT2D eigenvalue weighted by molar-refractivity contribution is 7.89. The third kappa shape index (κ3) is 2.48. The van der Waals surface area contributed by atoms with Crippen LogP contribution in [0.5, 0.6) is 0 Å². The Labute approximate surface area is 87.5 Å². The largest absolute Gasteiger partial charge is 0.214 e. The minimum absolute atomic E-state index is 0.105. The van der Waals surface area contributed by atoms with E-state index in [2.05, 4.69) is 13.8 Å². The molecule has 0 spiro atoms. The second-order valence-electron chi connectivity index (χ2n) is 4.78. The van der Waals surface area contributed by atoms with Crippen molar-refractivity contribution in [3.8, 4) is 0 Å². The number of sulfonamides is 1. The lowest BCUT2D eigenvalue weighted by Gasteiger charge is -2.35. The van der Waals surface area contributed by atoms with Crippen LogP contribution in [0.15, 0.2) is 0 Å². The number of rotatable bonds is 2. The van der Waals surface area contributed by atoms with E-state index >= 15 is 0 Å². The van der Waals surface area contributed by atoms with Crippen molar-refractivity contribution >= 4 is 10.0 Å². The molecule has 0 aromatic carbocycles. The zero-order valence-corrected chi connectivity index (χ0v) is 10.3. The normalized spacial score (nSPS) is 28.6. The number of hydrogen-bond acceptors (Lipinski definition) is 2. The van der Waals surface area contributed by atoms with Crippen molar-refractivity contribution in [2.75, 3.05) is 12.3 Å². The van der Waals surface area contributed by atoms with Gasteiger partial charge in [-0.1, -0.05) is 13.8 Å². The Morgan fingerprint density at radius 3 is 2.14 bits per heavy atom. The zero-order valence-electron chi connectivity index (χ0n) is 9.53. The highest BCUT2D eigenvalue weighted by Gasteiger charge is 2.34. The molecule has 0 aromatic rings. The number of nitrogens with zero attached hydrogens (tertiary/aromatic N) is 1. The molecule has 3 nitrogen and oxygen atoms in total. The van der Waals surface area contributed by atoms with Gasteiger partial charge in [-0.05, 0) is 32.1 Å². The fourth-order valence-corrected chi connectivity index (χ4v) is 4.30. The summed E-state index contributed by atoms with van der Waals surface area (Å²) in [5.41, 5.74) is 0. The summed E-state index contributed by atoms with van der Waals surface area (Å²) in [6.45, 7) is 8.78. The molecule has 14 heavy (non-hydrogen) atoms. The predicted molar refractivity (Wildman–Crippen MR) is 58.6 cm³/mol. The summed E-state index contributed by atoms with van der Waals surface area (Å²) >= 11 is 0. The van der Waals surface area contributed by atoms with Gasteiger partial charge in [0.1, 0.15) is 0 Å². The molecule has 1 unspecified atom stereocenters. The molecule has 0 saturated carbocycles. The molecular weight excluding hydrogens is 198 g/mol. The van der Waals surface area contributed by atoms with Crippen LogP contribution in [-0.2, 0) is 10.0 Å². The molecule has 1 heterocycles. The fourth-order valence-electron chi connectivity index (χ4n) is 1.99. The van der Waals surface area contributed by atoms with E-state index < -0.39 is 10.0 Å². The van der Waals surface area contributed by atoms with E-state index in [0.717, 1.165) is 6.42 Å². The van der Waals surface area contributed by atoms with Crippen molar-refractivity contribution in [1.82, 2.24) is 4.31 Å². The van der Waals surface area contributed by atoms with E-state index in [1.54, 1.807) is 4.31 Å². The Morgan fingerprint density at radius 1 is 1.21 bits per heavy atom. The zero-order chi connectivity index (χ0) is 10.9. The average Bonchev–Trinajstić information content (AvgIpc) is 2.01. The highest BCUT2D eigenvalue weighted by atomic mass is 32.2. The summed E-state index contributed by atoms with van der Waals surface area (Å²) in [5, 5.41) is 0. The van der Waals surface area contributed by atoms with Crippen LogP contribution in [0.1, 0.15) is 34.1 Å². The molecule has 84 valence electrons. The van der Waals surface area contributed by atoms with Crippen LogP contribution < -0.4 is 0 Å². The van der Waals surface area contributed by atoms with E-state index in [-0.39, 0.29) is 6.04 Å². The molecule has 0 radical (unpaired) electrons. The predicted octanol–water partition coefficient (Wildman–Crippen LogP) is 1.70. The second-order valence-corrected chi connectivity index (χ2v) is 6.74. The molecule has 0 amide bonds. The molecular formula is C10H21NO2S. The van der Waals surface area contributed by atoms with Gasteiger partial charge in [0, 0.05) is 12.6 Å². The van der Waals surface area contributed by atoms with Crippen LogP contribution in [0, 0.1) is 11.8 Å². The smallest absolute Gasteiger partial charge is 0.212 e. The average molecular weight is 219 g/mol. The maximum atomic E-state index is 11.9. The standard InChI is InChI=1S/C10H21NO2S/c1-8(2)10-5-6-11(9(3)4)14(12,13)7-10/h8-10H,5-7H2,1-4H3. The lowest BCUT2D eigenvalue weighted by atomic mass is 9.94. The summed E-state index contributed by atoms with van der Waals surface area (Å²) in [6.07, 6.45) is 1.01. The van der Waals surface area contributed by atoms with Gasteiger partial charge in [0.2, 0.25) is 10.0 Å². The number of hydrogen-bond donors (Lipinski definition) is 0. The Morgan fingerprint density at radius 2 is 1.79 bits per heavy atom. The van der Waals surface area contributed by atoms with Gasteiger partial charge in [-0.3, -0.25) is 0 Å². The van der Waals surface area contributed by atoms with E-state index in [1.165, 1.54) is 0 Å². The minimum atomic E-state index is -2.98. The fraction of sp³-hybridized carbons (Fsp3) is 1.00. The van der Waals surface area contributed by atoms with Gasteiger partial charge in [-0.25, -0.2) is 8.42 Å². The topological polar surface area (TPSA) is 37.4 Å². The molecule has 0 aliphatic carbocycles. The molecule has 0 bridgehead atoms. The van der Waals surface area contributed by atoms with E-state index in [1.807, 2.05) is 13.8 Å². The summed E-state index contributed by atoms with van der Waals surface area (Å²) < 4.78 is 25.4. The van der Waals surface area contributed by atoms with Gasteiger partial charge in [0.15, 0.2) is 0 Å². The van der Waals surface area contributed by atoms with Crippen molar-refractivity contribution in [1.29, 1.82) is 0 Å². The monoisotopic (exact) mass is 219 g/mol. The van der Waals surface area contributed by atoms with Crippen LogP contribution in [0.4, 0.5) is 0 Å². The van der Waals surface area contributed by atoms with E-state index in [4.69, 9.17) is 0 Å². The van der Waals surface area contributed by atoms with Crippen molar-refractivity contribution < 1.29 is 8.42 Å².